The fraction of sp³-hybridized carbons (Fsp3) is 0.211. The standard InChI is InChI=1S/C19H17N5O3S/c1-2-12-15(11-6-4-3-5-7-11)17-21-20-16-13(24(17)22-12)8-9-23(18(16)25)14(10-28)19(26)27/h3-9,14,28H,2,10H2,1H3,(H,26,27)/t14-/m0/s1. The highest BCUT2D eigenvalue weighted by molar-refractivity contribution is 7.80. The zero-order valence-corrected chi connectivity index (χ0v) is 15.9. The molecule has 0 radical (unpaired) electrons. The van der Waals surface area contributed by atoms with Crippen molar-refractivity contribution in [3.63, 3.8) is 0 Å². The summed E-state index contributed by atoms with van der Waals surface area (Å²) in [7, 11) is 0. The Balaban J connectivity index is 2.02. The van der Waals surface area contributed by atoms with Crippen LogP contribution in [0.5, 0.6) is 0 Å². The van der Waals surface area contributed by atoms with E-state index in [2.05, 4.69) is 27.9 Å². The first-order valence-electron chi connectivity index (χ1n) is 8.75. The van der Waals surface area contributed by atoms with Crippen LogP contribution in [0.3, 0.4) is 0 Å². The predicted octanol–water partition coefficient (Wildman–Crippen LogP) is 2.22. The van der Waals surface area contributed by atoms with Crippen molar-refractivity contribution in [2.75, 3.05) is 5.75 Å². The van der Waals surface area contributed by atoms with Crippen molar-refractivity contribution in [1.82, 2.24) is 24.4 Å². The Morgan fingerprint density at radius 1 is 1.21 bits per heavy atom. The zero-order chi connectivity index (χ0) is 19.8. The first-order chi connectivity index (χ1) is 13.6. The maximum Gasteiger partial charge on any atom is 0.327 e. The monoisotopic (exact) mass is 395 g/mol. The molecule has 1 aromatic carbocycles. The lowest BCUT2D eigenvalue weighted by atomic mass is 10.0. The number of carboxylic acids is 1. The molecule has 9 heteroatoms. The molecule has 0 fully saturated rings. The number of pyridine rings is 1. The molecule has 1 N–H and O–H groups in total. The molecule has 3 aromatic heterocycles. The van der Waals surface area contributed by atoms with E-state index in [4.69, 9.17) is 0 Å². The van der Waals surface area contributed by atoms with Crippen LogP contribution in [0.1, 0.15) is 18.7 Å². The molecule has 0 aliphatic carbocycles. The van der Waals surface area contributed by atoms with Crippen LogP contribution < -0.4 is 5.56 Å². The molecule has 0 saturated heterocycles. The van der Waals surface area contributed by atoms with E-state index in [9.17, 15) is 14.7 Å². The van der Waals surface area contributed by atoms with Crippen molar-refractivity contribution in [1.29, 1.82) is 0 Å². The van der Waals surface area contributed by atoms with Crippen LogP contribution in [0.4, 0.5) is 0 Å². The largest absolute Gasteiger partial charge is 0.480 e. The van der Waals surface area contributed by atoms with Gasteiger partial charge in [0.15, 0.2) is 11.2 Å². The number of carbonyl (C=O) groups is 1. The maximum atomic E-state index is 12.8. The summed E-state index contributed by atoms with van der Waals surface area (Å²) >= 11 is 4.04. The molecule has 0 aliphatic rings. The highest BCUT2D eigenvalue weighted by Gasteiger charge is 2.22. The summed E-state index contributed by atoms with van der Waals surface area (Å²) in [6, 6.07) is 10.3. The predicted molar refractivity (Wildman–Crippen MR) is 108 cm³/mol. The van der Waals surface area contributed by atoms with Crippen molar-refractivity contribution >= 4 is 35.3 Å². The normalized spacial score (nSPS) is 12.5. The summed E-state index contributed by atoms with van der Waals surface area (Å²) in [6.45, 7) is 2.00. The van der Waals surface area contributed by atoms with Gasteiger partial charge < -0.3 is 5.11 Å². The number of fused-ring (bicyclic) bond motifs is 3. The molecule has 0 spiro atoms. The van der Waals surface area contributed by atoms with Gasteiger partial charge in [-0.25, -0.2) is 9.31 Å². The third kappa shape index (κ3) is 2.75. The van der Waals surface area contributed by atoms with Gasteiger partial charge in [0, 0.05) is 11.9 Å². The maximum absolute atomic E-state index is 12.8. The quantitative estimate of drug-likeness (QED) is 0.503. The molecule has 28 heavy (non-hydrogen) atoms. The molecular weight excluding hydrogens is 378 g/mol. The molecule has 142 valence electrons. The lowest BCUT2D eigenvalue weighted by Crippen LogP contribution is -2.31. The Bertz CT molecular complexity index is 1250. The molecule has 8 nitrogen and oxygen atoms in total. The van der Waals surface area contributed by atoms with Crippen LogP contribution in [0.2, 0.25) is 0 Å². The minimum Gasteiger partial charge on any atom is -0.480 e. The Hall–Kier alpha value is -3.20. The SMILES string of the molecule is CCc1nn2c(nnc3c(=O)n([C@@H](CS)C(=O)O)ccc32)c1-c1ccccc1. The summed E-state index contributed by atoms with van der Waals surface area (Å²) in [5.41, 5.74) is 3.24. The smallest absolute Gasteiger partial charge is 0.327 e. The summed E-state index contributed by atoms with van der Waals surface area (Å²) in [5, 5.41) is 22.3. The van der Waals surface area contributed by atoms with Crippen LogP contribution in [0, 0.1) is 0 Å². The second-order valence-corrected chi connectivity index (χ2v) is 6.64. The molecule has 3 heterocycles. The van der Waals surface area contributed by atoms with Crippen molar-refractivity contribution in [3.8, 4) is 11.1 Å². The molecule has 0 unspecified atom stereocenters. The number of aliphatic carboxylic acids is 1. The van der Waals surface area contributed by atoms with Gasteiger partial charge in [-0.1, -0.05) is 37.3 Å². The second-order valence-electron chi connectivity index (χ2n) is 6.28. The van der Waals surface area contributed by atoms with E-state index in [0.29, 0.717) is 17.6 Å². The van der Waals surface area contributed by atoms with Crippen LogP contribution in [-0.2, 0) is 11.2 Å². The number of nitrogens with zero attached hydrogens (tertiary/aromatic N) is 5. The third-order valence-corrected chi connectivity index (χ3v) is 5.02. The van der Waals surface area contributed by atoms with Gasteiger partial charge in [0.05, 0.1) is 11.3 Å². The van der Waals surface area contributed by atoms with Gasteiger partial charge >= 0.3 is 5.97 Å². The molecule has 0 amide bonds. The van der Waals surface area contributed by atoms with Crippen molar-refractivity contribution in [2.24, 2.45) is 0 Å². The van der Waals surface area contributed by atoms with E-state index in [1.54, 1.807) is 10.6 Å². The lowest BCUT2D eigenvalue weighted by molar-refractivity contribution is -0.140. The van der Waals surface area contributed by atoms with Crippen molar-refractivity contribution in [3.05, 3.63) is 58.6 Å². The van der Waals surface area contributed by atoms with Gasteiger partial charge in [0.2, 0.25) is 0 Å². The Morgan fingerprint density at radius 2 is 1.96 bits per heavy atom. The average Bonchev–Trinajstić information content (AvgIpc) is 3.09. The lowest BCUT2D eigenvalue weighted by Gasteiger charge is -2.13. The molecule has 0 saturated carbocycles. The minimum atomic E-state index is -1.13. The van der Waals surface area contributed by atoms with Crippen LogP contribution >= 0.6 is 12.6 Å². The molecule has 1 atom stereocenters. The van der Waals surface area contributed by atoms with Crippen LogP contribution in [0.15, 0.2) is 47.4 Å². The summed E-state index contributed by atoms with van der Waals surface area (Å²) in [5.74, 6) is -1.15. The van der Waals surface area contributed by atoms with E-state index in [-0.39, 0.29) is 11.3 Å². The molecule has 4 rings (SSSR count). The van der Waals surface area contributed by atoms with E-state index in [1.165, 1.54) is 6.20 Å². The van der Waals surface area contributed by atoms with Crippen LogP contribution in [-0.4, -0.2) is 41.2 Å². The number of carboxylic acid groups (broad SMARTS) is 1. The first kappa shape index (κ1) is 18.2. The van der Waals surface area contributed by atoms with Gasteiger partial charge in [0.1, 0.15) is 11.6 Å². The number of benzene rings is 1. The molecular formula is C19H17N5O3S. The van der Waals surface area contributed by atoms with Gasteiger partial charge in [0.25, 0.3) is 5.56 Å². The molecule has 4 aromatic rings. The first-order valence-corrected chi connectivity index (χ1v) is 9.38. The molecule has 0 bridgehead atoms. The van der Waals surface area contributed by atoms with E-state index in [1.807, 2.05) is 37.3 Å². The van der Waals surface area contributed by atoms with Crippen molar-refractivity contribution < 1.29 is 9.90 Å². The number of thiol groups is 1. The average molecular weight is 395 g/mol. The zero-order valence-electron chi connectivity index (χ0n) is 15.0. The van der Waals surface area contributed by atoms with E-state index >= 15 is 0 Å². The van der Waals surface area contributed by atoms with Gasteiger partial charge in [-0.2, -0.15) is 17.7 Å². The van der Waals surface area contributed by atoms with E-state index < -0.39 is 17.6 Å². The highest BCUT2D eigenvalue weighted by atomic mass is 32.1. The summed E-state index contributed by atoms with van der Waals surface area (Å²) in [4.78, 5) is 24.2. The van der Waals surface area contributed by atoms with Gasteiger partial charge in [-0.15, -0.1) is 10.2 Å². The highest BCUT2D eigenvalue weighted by Crippen LogP contribution is 2.28. The fourth-order valence-corrected chi connectivity index (χ4v) is 3.62. The Labute approximate surface area is 164 Å². The Kier molecular flexibility index (Phi) is 4.60. The number of hydrogen-bond donors (Lipinski definition) is 2. The molecule has 0 aliphatic heterocycles. The summed E-state index contributed by atoms with van der Waals surface area (Å²) < 4.78 is 2.71. The third-order valence-electron chi connectivity index (χ3n) is 4.67. The number of aromatic nitrogens is 5. The minimum absolute atomic E-state index is 0.0175. The van der Waals surface area contributed by atoms with Gasteiger partial charge in [-0.3, -0.25) is 9.36 Å². The number of aryl methyl sites for hydroxylation is 1. The van der Waals surface area contributed by atoms with Crippen LogP contribution in [0.25, 0.3) is 27.8 Å². The second kappa shape index (κ2) is 7.08. The number of hydrogen-bond acceptors (Lipinski definition) is 6. The van der Waals surface area contributed by atoms with Gasteiger partial charge in [-0.05, 0) is 18.1 Å². The van der Waals surface area contributed by atoms with Crippen molar-refractivity contribution in [2.45, 2.75) is 19.4 Å². The summed E-state index contributed by atoms with van der Waals surface area (Å²) in [6.07, 6.45) is 2.13. The number of rotatable bonds is 5. The fourth-order valence-electron chi connectivity index (χ4n) is 3.28. The Morgan fingerprint density at radius 3 is 2.61 bits per heavy atom. The topological polar surface area (TPSA) is 102 Å². The van der Waals surface area contributed by atoms with E-state index in [0.717, 1.165) is 21.4 Å².